The Bertz CT molecular complexity index is 448. The van der Waals surface area contributed by atoms with Crippen LogP contribution in [0.3, 0.4) is 0 Å². The van der Waals surface area contributed by atoms with Crippen LogP contribution in [0.2, 0.25) is 0 Å². The van der Waals surface area contributed by atoms with Gasteiger partial charge in [-0.3, -0.25) is 0 Å². The lowest BCUT2D eigenvalue weighted by Crippen LogP contribution is -2.17. The summed E-state index contributed by atoms with van der Waals surface area (Å²) in [5.74, 6) is -2.70. The molecule has 1 aromatic rings. The number of carboxylic acid groups (broad SMARTS) is 1. The lowest BCUT2D eigenvalue weighted by molar-refractivity contribution is -0.274. The minimum absolute atomic E-state index is 0.456. The van der Waals surface area contributed by atoms with Gasteiger partial charge in [-0.15, -0.1) is 13.2 Å². The third-order valence-corrected chi connectivity index (χ3v) is 2.30. The molecule has 0 aliphatic heterocycles. The van der Waals surface area contributed by atoms with Crippen molar-refractivity contribution in [1.29, 1.82) is 0 Å². The number of aromatic carboxylic acids is 1. The number of carbonyl (C=O) groups is 1. The molecular formula is C9H4F6O3S. The Morgan fingerprint density at radius 1 is 1.11 bits per heavy atom. The van der Waals surface area contributed by atoms with Gasteiger partial charge in [0.15, 0.2) is 0 Å². The van der Waals surface area contributed by atoms with Gasteiger partial charge in [-0.05, 0) is 30.0 Å². The number of ether oxygens (including phenoxy) is 1. The van der Waals surface area contributed by atoms with E-state index >= 15 is 0 Å². The smallest absolute Gasteiger partial charge is 0.478 e. The van der Waals surface area contributed by atoms with E-state index in [-0.39, 0.29) is 0 Å². The average molecular weight is 306 g/mol. The van der Waals surface area contributed by atoms with Gasteiger partial charge >= 0.3 is 17.8 Å². The summed E-state index contributed by atoms with van der Waals surface area (Å²) in [6, 6.07) is 1.54. The number of carboxylic acids is 1. The predicted molar refractivity (Wildman–Crippen MR) is 52.0 cm³/mol. The Balaban J connectivity index is 3.14. The van der Waals surface area contributed by atoms with Crippen LogP contribution in [0.25, 0.3) is 0 Å². The lowest BCUT2D eigenvalue weighted by atomic mass is 10.2. The van der Waals surface area contributed by atoms with Crippen molar-refractivity contribution in [2.45, 2.75) is 16.8 Å². The first-order valence-corrected chi connectivity index (χ1v) is 5.18. The van der Waals surface area contributed by atoms with Gasteiger partial charge < -0.3 is 9.84 Å². The van der Waals surface area contributed by atoms with Gasteiger partial charge in [0.25, 0.3) is 0 Å². The molecule has 0 saturated heterocycles. The number of halogens is 6. The van der Waals surface area contributed by atoms with Crippen molar-refractivity contribution in [2.24, 2.45) is 0 Å². The monoisotopic (exact) mass is 306 g/mol. The van der Waals surface area contributed by atoms with E-state index in [1.807, 2.05) is 0 Å². The molecule has 0 saturated carbocycles. The Morgan fingerprint density at radius 2 is 1.68 bits per heavy atom. The van der Waals surface area contributed by atoms with Crippen LogP contribution < -0.4 is 4.74 Å². The second-order valence-electron chi connectivity index (χ2n) is 3.09. The van der Waals surface area contributed by atoms with Crippen molar-refractivity contribution in [2.75, 3.05) is 0 Å². The first-order chi connectivity index (χ1) is 8.46. The largest absolute Gasteiger partial charge is 0.573 e. The summed E-state index contributed by atoms with van der Waals surface area (Å²) < 4.78 is 75.5. The van der Waals surface area contributed by atoms with Crippen molar-refractivity contribution in [3.63, 3.8) is 0 Å². The average Bonchev–Trinajstić information content (AvgIpc) is 2.10. The molecule has 0 heterocycles. The molecule has 0 bridgehead atoms. The van der Waals surface area contributed by atoms with Gasteiger partial charge in [-0.1, -0.05) is 0 Å². The summed E-state index contributed by atoms with van der Waals surface area (Å²) in [6.45, 7) is 0. The summed E-state index contributed by atoms with van der Waals surface area (Å²) >= 11 is -0.738. The SMILES string of the molecule is O=C(O)c1cc(OC(F)(F)F)cc(SC(F)(F)F)c1. The zero-order valence-corrected chi connectivity index (χ0v) is 9.49. The highest BCUT2D eigenvalue weighted by Crippen LogP contribution is 2.39. The van der Waals surface area contributed by atoms with Crippen LogP contribution >= 0.6 is 11.8 Å². The van der Waals surface area contributed by atoms with Gasteiger partial charge in [-0.2, -0.15) is 13.2 Å². The summed E-state index contributed by atoms with van der Waals surface area (Å²) in [5.41, 5.74) is -5.50. The predicted octanol–water partition coefficient (Wildman–Crippen LogP) is 3.90. The van der Waals surface area contributed by atoms with Crippen LogP contribution in [0.4, 0.5) is 26.3 Å². The minimum atomic E-state index is -5.13. The fourth-order valence-electron chi connectivity index (χ4n) is 1.08. The Labute approximate surface area is 106 Å². The molecule has 10 heteroatoms. The maximum absolute atomic E-state index is 12.1. The highest BCUT2D eigenvalue weighted by molar-refractivity contribution is 8.00. The first-order valence-electron chi connectivity index (χ1n) is 4.36. The summed E-state index contributed by atoms with van der Waals surface area (Å²) in [6.07, 6.45) is -5.13. The van der Waals surface area contributed by atoms with Crippen LogP contribution in [-0.4, -0.2) is 22.9 Å². The maximum Gasteiger partial charge on any atom is 0.573 e. The molecule has 0 unspecified atom stereocenters. The molecule has 0 atom stereocenters. The second kappa shape index (κ2) is 5.19. The number of benzene rings is 1. The molecule has 0 radical (unpaired) electrons. The van der Waals surface area contributed by atoms with Gasteiger partial charge in [-0.25, -0.2) is 4.79 Å². The van der Waals surface area contributed by atoms with E-state index in [1.54, 1.807) is 0 Å². The minimum Gasteiger partial charge on any atom is -0.478 e. The number of rotatable bonds is 3. The first kappa shape index (κ1) is 15.5. The second-order valence-corrected chi connectivity index (χ2v) is 4.23. The van der Waals surface area contributed by atoms with E-state index in [1.165, 1.54) is 0 Å². The highest BCUT2D eigenvalue weighted by Gasteiger charge is 2.33. The molecule has 19 heavy (non-hydrogen) atoms. The quantitative estimate of drug-likeness (QED) is 0.679. The third kappa shape index (κ3) is 5.73. The Hall–Kier alpha value is -1.58. The third-order valence-electron chi connectivity index (χ3n) is 1.59. The van der Waals surface area contributed by atoms with Gasteiger partial charge in [0.1, 0.15) is 5.75 Å². The topological polar surface area (TPSA) is 46.5 Å². The molecule has 0 aromatic heterocycles. The van der Waals surface area contributed by atoms with Crippen LogP contribution in [0, 0.1) is 0 Å². The van der Waals surface area contributed by atoms with Crippen LogP contribution in [-0.2, 0) is 0 Å². The number of thioether (sulfide) groups is 1. The molecule has 0 fully saturated rings. The van der Waals surface area contributed by atoms with Crippen molar-refractivity contribution in [3.8, 4) is 5.75 Å². The van der Waals surface area contributed by atoms with Crippen molar-refractivity contribution in [1.82, 2.24) is 0 Å². The van der Waals surface area contributed by atoms with Gasteiger partial charge in [0.2, 0.25) is 0 Å². The van der Waals surface area contributed by atoms with E-state index in [9.17, 15) is 31.1 Å². The van der Waals surface area contributed by atoms with Crippen LogP contribution in [0.15, 0.2) is 23.1 Å². The Morgan fingerprint density at radius 3 is 2.11 bits per heavy atom. The molecule has 106 valence electrons. The van der Waals surface area contributed by atoms with E-state index in [0.717, 1.165) is 0 Å². The maximum atomic E-state index is 12.1. The zero-order valence-electron chi connectivity index (χ0n) is 8.67. The molecule has 1 rings (SSSR count). The summed E-state index contributed by atoms with van der Waals surface area (Å²) in [7, 11) is 0. The van der Waals surface area contributed by atoms with Crippen LogP contribution in [0.1, 0.15) is 10.4 Å². The number of alkyl halides is 6. The molecule has 1 N–H and O–H groups in total. The standard InChI is InChI=1S/C9H4F6O3S/c10-8(11,12)18-5-1-4(7(16)17)2-6(3-5)19-9(13,14)15/h1-3H,(H,16,17). The molecule has 0 aliphatic rings. The number of hydrogen-bond donors (Lipinski definition) is 1. The van der Waals surface area contributed by atoms with Crippen molar-refractivity contribution >= 4 is 17.7 Å². The Kier molecular flexibility index (Phi) is 4.23. The summed E-state index contributed by atoms with van der Waals surface area (Å²) in [5, 5.41) is 8.60. The van der Waals surface area contributed by atoms with Crippen molar-refractivity contribution in [3.05, 3.63) is 23.8 Å². The normalized spacial score (nSPS) is 12.3. The molecule has 0 aliphatic carbocycles. The lowest BCUT2D eigenvalue weighted by Gasteiger charge is -2.12. The van der Waals surface area contributed by atoms with E-state index in [2.05, 4.69) is 4.74 Å². The van der Waals surface area contributed by atoms with Gasteiger partial charge in [0.05, 0.1) is 5.56 Å². The molecule has 3 nitrogen and oxygen atoms in total. The highest BCUT2D eigenvalue weighted by atomic mass is 32.2. The summed E-state index contributed by atoms with van der Waals surface area (Å²) in [4.78, 5) is 9.89. The van der Waals surface area contributed by atoms with Gasteiger partial charge in [0, 0.05) is 4.90 Å². The van der Waals surface area contributed by atoms with Crippen LogP contribution in [0.5, 0.6) is 5.75 Å². The fourth-order valence-corrected chi connectivity index (χ4v) is 1.71. The molecule has 0 amide bonds. The molecular weight excluding hydrogens is 302 g/mol. The molecule has 0 spiro atoms. The van der Waals surface area contributed by atoms with Crippen molar-refractivity contribution < 1.29 is 41.0 Å². The zero-order chi connectivity index (χ0) is 14.8. The van der Waals surface area contributed by atoms with E-state index in [0.29, 0.717) is 18.2 Å². The fraction of sp³-hybridized carbons (Fsp3) is 0.222. The van der Waals surface area contributed by atoms with E-state index < -0.39 is 45.8 Å². The number of hydrogen-bond acceptors (Lipinski definition) is 3. The molecule has 1 aromatic carbocycles. The van der Waals surface area contributed by atoms with E-state index in [4.69, 9.17) is 5.11 Å².